The minimum atomic E-state index is -0.674. The quantitative estimate of drug-likeness (QED) is 0.228. The molecular weight excluding hydrogens is 502 g/mol. The molecule has 39 heavy (non-hydrogen) atoms. The van der Waals surface area contributed by atoms with Gasteiger partial charge in [0.15, 0.2) is 17.3 Å². The van der Waals surface area contributed by atoms with E-state index in [4.69, 9.17) is 23.7 Å². The molecule has 1 aromatic heterocycles. The number of benzene rings is 3. The molecule has 1 atom stereocenters. The number of carbonyl (C=O) groups is 2. The van der Waals surface area contributed by atoms with Crippen molar-refractivity contribution in [2.75, 3.05) is 21.3 Å². The summed E-state index contributed by atoms with van der Waals surface area (Å²) < 4.78 is 28.0. The number of ether oxygens (including phenoxy) is 5. The number of carbonyl (C=O) groups excluding carboxylic acids is 2. The first-order chi connectivity index (χ1) is 18.9. The smallest absolute Gasteiger partial charge is 0.312 e. The molecule has 0 spiro atoms. The highest BCUT2D eigenvalue weighted by Crippen LogP contribution is 2.49. The van der Waals surface area contributed by atoms with Crippen molar-refractivity contribution in [3.63, 3.8) is 0 Å². The Morgan fingerprint density at radius 3 is 2.46 bits per heavy atom. The molecule has 4 aromatic rings. The van der Waals surface area contributed by atoms with Crippen molar-refractivity contribution in [3.8, 4) is 28.7 Å². The van der Waals surface area contributed by atoms with Gasteiger partial charge in [-0.25, -0.2) is 0 Å². The third kappa shape index (κ3) is 3.90. The number of pyridine rings is 1. The Labute approximate surface area is 222 Å². The van der Waals surface area contributed by atoms with Gasteiger partial charge in [0.1, 0.15) is 11.5 Å². The van der Waals surface area contributed by atoms with Gasteiger partial charge in [-0.05, 0) is 47.9 Å². The number of aromatic nitrogens is 1. The van der Waals surface area contributed by atoms with Crippen molar-refractivity contribution in [2.45, 2.75) is 12.3 Å². The van der Waals surface area contributed by atoms with Crippen LogP contribution in [0.3, 0.4) is 0 Å². The van der Waals surface area contributed by atoms with Crippen LogP contribution in [-0.4, -0.2) is 38.1 Å². The summed E-state index contributed by atoms with van der Waals surface area (Å²) in [6, 6.07) is 15.7. The van der Waals surface area contributed by atoms with Crippen molar-refractivity contribution in [3.05, 3.63) is 93.0 Å². The molecule has 0 bridgehead atoms. The van der Waals surface area contributed by atoms with E-state index < -0.39 is 11.9 Å². The van der Waals surface area contributed by atoms with Gasteiger partial charge in [-0.1, -0.05) is 18.2 Å². The highest BCUT2D eigenvalue weighted by molar-refractivity contribution is 6.15. The predicted octanol–water partition coefficient (Wildman–Crippen LogP) is 4.61. The Morgan fingerprint density at radius 1 is 0.897 bits per heavy atom. The number of esters is 1. The molecule has 3 heterocycles. The number of allylic oxidation sites excluding steroid dienone is 1. The normalized spacial score (nSPS) is 16.9. The highest BCUT2D eigenvalue weighted by Gasteiger charge is 2.39. The first-order valence-electron chi connectivity index (χ1n) is 12.2. The summed E-state index contributed by atoms with van der Waals surface area (Å²) in [6.07, 6.45) is 1.48. The number of rotatable bonds is 5. The van der Waals surface area contributed by atoms with Gasteiger partial charge in [-0.2, -0.15) is 0 Å². The standard InChI is InChI=1S/C30H23NO8/c1-35-22-10-8-16(27(36-2)29(22)37-3)13-23-26(33)17-9-11-21-25(28(17)39-23)18(14-24(32)38-21)19-12-15-6-4-5-7-20(15)31-30(19)34/h4-13,18H,14H2,1-3H3,(H,31,34). The lowest BCUT2D eigenvalue weighted by Crippen LogP contribution is -2.26. The van der Waals surface area contributed by atoms with E-state index in [9.17, 15) is 14.4 Å². The maximum absolute atomic E-state index is 13.4. The highest BCUT2D eigenvalue weighted by atomic mass is 16.5. The second kappa shape index (κ2) is 9.36. The molecule has 0 radical (unpaired) electrons. The molecule has 0 fully saturated rings. The average molecular weight is 526 g/mol. The first kappa shape index (κ1) is 24.3. The van der Waals surface area contributed by atoms with E-state index in [2.05, 4.69) is 4.98 Å². The average Bonchev–Trinajstić information content (AvgIpc) is 3.26. The zero-order chi connectivity index (χ0) is 27.3. The van der Waals surface area contributed by atoms with E-state index in [1.807, 2.05) is 24.3 Å². The zero-order valence-corrected chi connectivity index (χ0v) is 21.3. The van der Waals surface area contributed by atoms with Gasteiger partial charge < -0.3 is 28.7 Å². The van der Waals surface area contributed by atoms with Gasteiger partial charge in [0, 0.05) is 28.1 Å². The second-order valence-corrected chi connectivity index (χ2v) is 9.09. The maximum atomic E-state index is 13.4. The SMILES string of the molecule is COc1ccc(C=C2Oc3c(ccc4c3C(c3cc5ccccc5[nH]c3=O)CC(=O)O4)C2=O)c(OC)c1OC. The number of hydrogen-bond acceptors (Lipinski definition) is 8. The van der Waals surface area contributed by atoms with E-state index in [1.54, 1.807) is 36.4 Å². The van der Waals surface area contributed by atoms with Gasteiger partial charge in [0.2, 0.25) is 11.5 Å². The molecule has 0 saturated carbocycles. The number of ketones is 1. The maximum Gasteiger partial charge on any atom is 0.312 e. The van der Waals surface area contributed by atoms with Crippen molar-refractivity contribution < 1.29 is 33.3 Å². The number of aromatic amines is 1. The Bertz CT molecular complexity index is 1770. The van der Waals surface area contributed by atoms with E-state index in [-0.39, 0.29) is 35.0 Å². The monoisotopic (exact) mass is 525 g/mol. The fourth-order valence-electron chi connectivity index (χ4n) is 5.17. The van der Waals surface area contributed by atoms with Crippen molar-refractivity contribution in [1.82, 2.24) is 4.98 Å². The fraction of sp³-hybridized carbons (Fsp3) is 0.167. The molecule has 0 aliphatic carbocycles. The van der Waals surface area contributed by atoms with E-state index in [0.29, 0.717) is 45.0 Å². The molecule has 1 unspecified atom stereocenters. The van der Waals surface area contributed by atoms with Crippen LogP contribution in [0.4, 0.5) is 0 Å². The van der Waals surface area contributed by atoms with Crippen LogP contribution >= 0.6 is 0 Å². The van der Waals surface area contributed by atoms with E-state index >= 15 is 0 Å². The number of methoxy groups -OCH3 is 3. The molecule has 0 amide bonds. The Kier molecular flexibility index (Phi) is 5.83. The summed E-state index contributed by atoms with van der Waals surface area (Å²) in [7, 11) is 4.50. The van der Waals surface area contributed by atoms with Crippen LogP contribution < -0.4 is 29.2 Å². The molecule has 6 rings (SSSR count). The van der Waals surface area contributed by atoms with Crippen LogP contribution in [0.15, 0.2) is 65.2 Å². The number of nitrogens with one attached hydrogen (secondary N) is 1. The van der Waals surface area contributed by atoms with Crippen molar-refractivity contribution in [1.29, 1.82) is 0 Å². The zero-order valence-electron chi connectivity index (χ0n) is 21.3. The van der Waals surface area contributed by atoms with E-state index in [0.717, 1.165) is 5.39 Å². The minimum absolute atomic E-state index is 0.0481. The summed E-state index contributed by atoms with van der Waals surface area (Å²) >= 11 is 0. The van der Waals surface area contributed by atoms with Crippen LogP contribution in [0, 0.1) is 0 Å². The van der Waals surface area contributed by atoms with Gasteiger partial charge in [-0.3, -0.25) is 14.4 Å². The Balaban J connectivity index is 1.48. The van der Waals surface area contributed by atoms with Gasteiger partial charge in [-0.15, -0.1) is 0 Å². The lowest BCUT2D eigenvalue weighted by atomic mass is 9.85. The summed E-state index contributed by atoms with van der Waals surface area (Å²) in [5.74, 6) is 0.263. The number of Topliss-reactive ketones (excluding diaryl/α,β-unsaturated/α-hetero) is 1. The molecule has 196 valence electrons. The van der Waals surface area contributed by atoms with Gasteiger partial charge in [0.25, 0.3) is 5.56 Å². The molecule has 9 heteroatoms. The molecule has 0 saturated heterocycles. The second-order valence-electron chi connectivity index (χ2n) is 9.09. The van der Waals surface area contributed by atoms with Crippen LogP contribution in [0.2, 0.25) is 0 Å². The number of para-hydroxylation sites is 1. The van der Waals surface area contributed by atoms with Crippen LogP contribution in [0.5, 0.6) is 28.7 Å². The van der Waals surface area contributed by atoms with Gasteiger partial charge in [0.05, 0.1) is 33.3 Å². The summed E-state index contributed by atoms with van der Waals surface area (Å²) in [6.45, 7) is 0. The summed E-state index contributed by atoms with van der Waals surface area (Å²) in [5.41, 5.74) is 2.06. The molecular formula is C30H23NO8. The molecule has 2 aliphatic heterocycles. The lowest BCUT2D eigenvalue weighted by molar-refractivity contribution is -0.135. The topological polar surface area (TPSA) is 113 Å². The predicted molar refractivity (Wildman–Crippen MR) is 142 cm³/mol. The number of H-pyrrole nitrogens is 1. The number of fused-ring (bicyclic) bond motifs is 4. The fourth-order valence-corrected chi connectivity index (χ4v) is 5.17. The summed E-state index contributed by atoms with van der Waals surface area (Å²) in [5, 5.41) is 0.818. The van der Waals surface area contributed by atoms with Crippen molar-refractivity contribution >= 4 is 28.7 Å². The third-order valence-corrected chi connectivity index (χ3v) is 6.96. The molecule has 1 N–H and O–H groups in total. The van der Waals surface area contributed by atoms with E-state index in [1.165, 1.54) is 21.3 Å². The minimum Gasteiger partial charge on any atom is -0.493 e. The Hall–Kier alpha value is -5.05. The summed E-state index contributed by atoms with van der Waals surface area (Å²) in [4.78, 5) is 42.0. The molecule has 2 aliphatic rings. The largest absolute Gasteiger partial charge is 0.493 e. The third-order valence-electron chi connectivity index (χ3n) is 6.96. The van der Waals surface area contributed by atoms with Crippen LogP contribution in [0.25, 0.3) is 17.0 Å². The number of hydrogen-bond donors (Lipinski definition) is 1. The van der Waals surface area contributed by atoms with Crippen molar-refractivity contribution in [2.24, 2.45) is 0 Å². The Morgan fingerprint density at radius 2 is 1.69 bits per heavy atom. The molecule has 9 nitrogen and oxygen atoms in total. The first-order valence-corrected chi connectivity index (χ1v) is 12.2. The lowest BCUT2D eigenvalue weighted by Gasteiger charge is -2.26. The van der Waals surface area contributed by atoms with Crippen LogP contribution in [0.1, 0.15) is 39.4 Å². The van der Waals surface area contributed by atoms with Gasteiger partial charge >= 0.3 is 5.97 Å². The van der Waals surface area contributed by atoms with Crippen LogP contribution in [-0.2, 0) is 4.79 Å². The molecule has 3 aromatic carbocycles.